The number of nitrogens with one attached hydrogen (secondary N) is 1. The van der Waals surface area contributed by atoms with Gasteiger partial charge < -0.3 is 9.88 Å². The predicted molar refractivity (Wildman–Crippen MR) is 79.2 cm³/mol. The van der Waals surface area contributed by atoms with Gasteiger partial charge in [-0.15, -0.1) is 0 Å². The van der Waals surface area contributed by atoms with E-state index < -0.39 is 0 Å². The van der Waals surface area contributed by atoms with Gasteiger partial charge in [0.2, 0.25) is 0 Å². The lowest BCUT2D eigenvalue weighted by molar-refractivity contribution is 0.539. The highest BCUT2D eigenvalue weighted by molar-refractivity contribution is 5.30. The highest BCUT2D eigenvalue weighted by Crippen LogP contribution is 2.22. The van der Waals surface area contributed by atoms with Crippen LogP contribution in [0.5, 0.6) is 0 Å². The lowest BCUT2D eigenvalue weighted by Gasteiger charge is -2.19. The molecule has 0 aliphatic carbocycles. The van der Waals surface area contributed by atoms with Crippen molar-refractivity contribution in [1.29, 1.82) is 0 Å². The smallest absolute Gasteiger partial charge is 0.123 e. The second-order valence-corrected chi connectivity index (χ2v) is 5.08. The van der Waals surface area contributed by atoms with Gasteiger partial charge in [0.25, 0.3) is 0 Å². The Morgan fingerprint density at radius 1 is 1.40 bits per heavy atom. The second kappa shape index (κ2) is 6.66. The number of hydrogen-bond donors (Lipinski definition) is 1. The van der Waals surface area contributed by atoms with Crippen LogP contribution in [0.25, 0.3) is 0 Å². The number of hydrogen-bond acceptors (Lipinski definition) is 2. The van der Waals surface area contributed by atoms with Crippen molar-refractivity contribution in [3.05, 3.63) is 53.4 Å². The van der Waals surface area contributed by atoms with Crippen LogP contribution in [0, 0.1) is 12.7 Å². The van der Waals surface area contributed by atoms with E-state index in [1.54, 1.807) is 6.07 Å². The average Bonchev–Trinajstić information content (AvgIpc) is 2.84. The summed E-state index contributed by atoms with van der Waals surface area (Å²) in [4.78, 5) is 4.44. The third-order valence-electron chi connectivity index (χ3n) is 3.61. The normalized spacial score (nSPS) is 12.6. The molecule has 1 heterocycles. The van der Waals surface area contributed by atoms with Crippen LogP contribution in [0.2, 0.25) is 0 Å². The van der Waals surface area contributed by atoms with Crippen LogP contribution in [0.1, 0.15) is 36.3 Å². The SMILES string of the molecule is CCCn1ccnc1CC(NC)c1ccc(F)cc1C. The molecule has 2 rings (SSSR count). The van der Waals surface area contributed by atoms with Crippen molar-refractivity contribution >= 4 is 0 Å². The van der Waals surface area contributed by atoms with Crippen molar-refractivity contribution < 1.29 is 4.39 Å². The van der Waals surface area contributed by atoms with Crippen LogP contribution in [0.15, 0.2) is 30.6 Å². The number of rotatable bonds is 6. The third-order valence-corrected chi connectivity index (χ3v) is 3.61. The molecule has 0 aliphatic heterocycles. The number of nitrogens with zero attached hydrogens (tertiary/aromatic N) is 2. The Balaban J connectivity index is 2.22. The molecule has 20 heavy (non-hydrogen) atoms. The first-order valence-corrected chi connectivity index (χ1v) is 7.09. The van der Waals surface area contributed by atoms with Crippen molar-refractivity contribution in [3.63, 3.8) is 0 Å². The molecule has 1 aromatic heterocycles. The zero-order valence-corrected chi connectivity index (χ0v) is 12.4. The van der Waals surface area contributed by atoms with Crippen LogP contribution in [0.4, 0.5) is 4.39 Å². The fraction of sp³-hybridized carbons (Fsp3) is 0.438. The maximum Gasteiger partial charge on any atom is 0.123 e. The fourth-order valence-electron chi connectivity index (χ4n) is 2.55. The van der Waals surface area contributed by atoms with Crippen molar-refractivity contribution in [2.45, 2.75) is 39.3 Å². The molecular weight excluding hydrogens is 253 g/mol. The van der Waals surface area contributed by atoms with Crippen LogP contribution in [-0.4, -0.2) is 16.6 Å². The van der Waals surface area contributed by atoms with Gasteiger partial charge in [-0.1, -0.05) is 13.0 Å². The van der Waals surface area contributed by atoms with Crippen LogP contribution in [-0.2, 0) is 13.0 Å². The van der Waals surface area contributed by atoms with E-state index in [1.807, 2.05) is 32.4 Å². The highest BCUT2D eigenvalue weighted by Gasteiger charge is 2.15. The molecule has 0 fully saturated rings. The van der Waals surface area contributed by atoms with Crippen molar-refractivity contribution in [2.75, 3.05) is 7.05 Å². The van der Waals surface area contributed by atoms with E-state index in [0.717, 1.165) is 36.3 Å². The van der Waals surface area contributed by atoms with Crippen LogP contribution in [0.3, 0.4) is 0 Å². The Hall–Kier alpha value is -1.68. The fourth-order valence-corrected chi connectivity index (χ4v) is 2.55. The van der Waals surface area contributed by atoms with E-state index in [0.29, 0.717) is 0 Å². The summed E-state index contributed by atoms with van der Waals surface area (Å²) < 4.78 is 15.4. The third kappa shape index (κ3) is 3.25. The molecule has 0 saturated carbocycles. The molecule has 1 N–H and O–H groups in total. The maximum atomic E-state index is 13.2. The standard InChI is InChI=1S/C16H22FN3/c1-4-8-20-9-7-19-16(20)11-15(18-3)14-6-5-13(17)10-12(14)2/h5-7,9-10,15,18H,4,8,11H2,1-3H3. The molecule has 1 atom stereocenters. The number of imidazole rings is 1. The molecule has 108 valence electrons. The molecule has 4 heteroatoms. The lowest BCUT2D eigenvalue weighted by Crippen LogP contribution is -2.21. The summed E-state index contributed by atoms with van der Waals surface area (Å²) in [6, 6.07) is 5.11. The quantitative estimate of drug-likeness (QED) is 0.877. The summed E-state index contributed by atoms with van der Waals surface area (Å²) in [5.74, 6) is 0.878. The summed E-state index contributed by atoms with van der Waals surface area (Å²) >= 11 is 0. The Morgan fingerprint density at radius 2 is 2.20 bits per heavy atom. The van der Waals surface area contributed by atoms with Crippen molar-refractivity contribution in [1.82, 2.24) is 14.9 Å². The molecule has 1 unspecified atom stereocenters. The number of aromatic nitrogens is 2. The van der Waals surface area contributed by atoms with E-state index in [1.165, 1.54) is 6.07 Å². The van der Waals surface area contributed by atoms with Crippen molar-refractivity contribution in [2.24, 2.45) is 0 Å². The van der Waals surface area contributed by atoms with Gasteiger partial charge in [-0.25, -0.2) is 9.37 Å². The first kappa shape index (κ1) is 14.7. The Kier molecular flexibility index (Phi) is 4.90. The van der Waals surface area contributed by atoms with Gasteiger partial charge in [0.1, 0.15) is 11.6 Å². The Labute approximate surface area is 119 Å². The van der Waals surface area contributed by atoms with Crippen LogP contribution >= 0.6 is 0 Å². The molecular formula is C16H22FN3. The molecule has 0 spiro atoms. The van der Waals surface area contributed by atoms with E-state index in [-0.39, 0.29) is 11.9 Å². The molecule has 2 aromatic rings. The average molecular weight is 275 g/mol. The van der Waals surface area contributed by atoms with Gasteiger partial charge in [0, 0.05) is 31.4 Å². The Bertz CT molecular complexity index is 563. The maximum absolute atomic E-state index is 13.2. The van der Waals surface area contributed by atoms with E-state index >= 15 is 0 Å². The molecule has 0 saturated heterocycles. The van der Waals surface area contributed by atoms with Crippen LogP contribution < -0.4 is 5.32 Å². The van der Waals surface area contributed by atoms with Crippen molar-refractivity contribution in [3.8, 4) is 0 Å². The Morgan fingerprint density at radius 3 is 2.85 bits per heavy atom. The minimum absolute atomic E-state index is 0.147. The number of benzene rings is 1. The minimum Gasteiger partial charge on any atom is -0.335 e. The van der Waals surface area contributed by atoms with Gasteiger partial charge in [0.05, 0.1) is 0 Å². The van der Waals surface area contributed by atoms with Gasteiger partial charge >= 0.3 is 0 Å². The van der Waals surface area contributed by atoms with Gasteiger partial charge in [-0.2, -0.15) is 0 Å². The van der Waals surface area contributed by atoms with E-state index in [4.69, 9.17) is 0 Å². The highest BCUT2D eigenvalue weighted by atomic mass is 19.1. The number of aryl methyl sites for hydroxylation is 2. The lowest BCUT2D eigenvalue weighted by atomic mass is 9.98. The topological polar surface area (TPSA) is 29.9 Å². The summed E-state index contributed by atoms with van der Waals surface area (Å²) in [6.45, 7) is 5.08. The first-order valence-electron chi connectivity index (χ1n) is 7.09. The molecule has 0 aliphatic rings. The summed E-state index contributed by atoms with van der Waals surface area (Å²) in [5.41, 5.74) is 2.10. The molecule has 0 bridgehead atoms. The molecule has 0 radical (unpaired) electrons. The molecule has 0 amide bonds. The zero-order valence-electron chi connectivity index (χ0n) is 12.4. The predicted octanol–water partition coefficient (Wildman–Crippen LogP) is 3.24. The largest absolute Gasteiger partial charge is 0.335 e. The van der Waals surface area contributed by atoms with Gasteiger partial charge in [0.15, 0.2) is 0 Å². The minimum atomic E-state index is -0.186. The van der Waals surface area contributed by atoms with E-state index in [2.05, 4.69) is 21.8 Å². The monoisotopic (exact) mass is 275 g/mol. The molecule has 1 aromatic carbocycles. The molecule has 3 nitrogen and oxygen atoms in total. The summed E-state index contributed by atoms with van der Waals surface area (Å²) in [5, 5.41) is 3.31. The first-order chi connectivity index (χ1) is 9.65. The van der Waals surface area contributed by atoms with Gasteiger partial charge in [-0.05, 0) is 43.7 Å². The van der Waals surface area contributed by atoms with E-state index in [9.17, 15) is 4.39 Å². The second-order valence-electron chi connectivity index (χ2n) is 5.08. The summed E-state index contributed by atoms with van der Waals surface area (Å²) in [6.07, 6.45) is 5.75. The van der Waals surface area contributed by atoms with Gasteiger partial charge in [-0.3, -0.25) is 0 Å². The number of likely N-dealkylation sites (N-methyl/N-ethyl adjacent to an activating group) is 1. The summed E-state index contributed by atoms with van der Waals surface area (Å²) in [7, 11) is 1.93. The zero-order chi connectivity index (χ0) is 14.5. The number of halogens is 1.